The van der Waals surface area contributed by atoms with Gasteiger partial charge in [0.05, 0.1) is 0 Å². The lowest BCUT2D eigenvalue weighted by molar-refractivity contribution is 0.138. The van der Waals surface area contributed by atoms with Crippen molar-refractivity contribution in [1.29, 1.82) is 0 Å². The Kier molecular flexibility index (Phi) is 23.1. The largest absolute Gasteiger partial charge is 0.356 e. The number of rotatable bonds is 27. The zero-order valence-electron chi connectivity index (χ0n) is 24.7. The number of hydrogen-bond acceptors (Lipinski definition) is 2. The van der Waals surface area contributed by atoms with Gasteiger partial charge in [-0.3, -0.25) is 0 Å². The van der Waals surface area contributed by atoms with E-state index in [4.69, 9.17) is 0 Å². The topological polar surface area (TPSA) is 6.48 Å². The summed E-state index contributed by atoms with van der Waals surface area (Å²) < 4.78 is 0. The molecule has 0 aromatic carbocycles. The van der Waals surface area contributed by atoms with Crippen LogP contribution in [0.15, 0.2) is 12.4 Å². The van der Waals surface area contributed by atoms with Gasteiger partial charge in [0.25, 0.3) is 0 Å². The summed E-state index contributed by atoms with van der Waals surface area (Å²) in [7, 11) is 0. The Morgan fingerprint density at radius 3 is 0.943 bits per heavy atom. The van der Waals surface area contributed by atoms with Crippen molar-refractivity contribution in [2.24, 2.45) is 0 Å². The third kappa shape index (κ3) is 18.3. The summed E-state index contributed by atoms with van der Waals surface area (Å²) >= 11 is 0. The van der Waals surface area contributed by atoms with E-state index in [1.54, 1.807) is 0 Å². The monoisotopic (exact) mass is 491 g/mol. The Bertz CT molecular complexity index is 446. The molecule has 1 unspecified atom stereocenters. The first-order valence-corrected chi connectivity index (χ1v) is 16.5. The Hall–Kier alpha value is -0.660. The normalized spacial score (nSPS) is 15.6. The van der Waals surface area contributed by atoms with Gasteiger partial charge in [-0.1, -0.05) is 162 Å². The molecular weight excluding hydrogens is 424 g/mol. The van der Waals surface area contributed by atoms with Crippen LogP contribution >= 0.6 is 0 Å². The third-order valence-electron chi connectivity index (χ3n) is 8.05. The number of nitrogens with zero attached hydrogens (tertiary/aromatic N) is 2. The van der Waals surface area contributed by atoms with Crippen LogP contribution in [0.5, 0.6) is 0 Å². The van der Waals surface area contributed by atoms with E-state index in [2.05, 4.69) is 43.0 Å². The van der Waals surface area contributed by atoms with Crippen LogP contribution in [0.3, 0.4) is 0 Å². The van der Waals surface area contributed by atoms with E-state index < -0.39 is 0 Å². The van der Waals surface area contributed by atoms with E-state index in [-0.39, 0.29) is 0 Å². The van der Waals surface area contributed by atoms with Gasteiger partial charge in [0, 0.05) is 25.5 Å². The van der Waals surface area contributed by atoms with Crippen LogP contribution in [-0.4, -0.2) is 29.1 Å². The quantitative estimate of drug-likeness (QED) is 0.106. The summed E-state index contributed by atoms with van der Waals surface area (Å²) in [5.41, 5.74) is 0. The van der Waals surface area contributed by atoms with Gasteiger partial charge in [0.15, 0.2) is 0 Å². The predicted octanol–water partition coefficient (Wildman–Crippen LogP) is 11.2. The Morgan fingerprint density at radius 1 is 0.371 bits per heavy atom. The second-order valence-corrected chi connectivity index (χ2v) is 11.5. The summed E-state index contributed by atoms with van der Waals surface area (Å²) in [6.45, 7) is 9.46. The average Bonchev–Trinajstić information content (AvgIpc) is 3.24. The molecule has 1 atom stereocenters. The van der Waals surface area contributed by atoms with E-state index in [9.17, 15) is 0 Å². The van der Waals surface area contributed by atoms with Crippen LogP contribution in [0, 0.1) is 0 Å². The molecule has 0 aromatic rings. The molecule has 0 amide bonds. The molecule has 208 valence electrons. The van der Waals surface area contributed by atoms with Crippen molar-refractivity contribution in [3.63, 3.8) is 0 Å². The summed E-state index contributed by atoms with van der Waals surface area (Å²) in [5.74, 6) is 0. The molecule has 0 bridgehead atoms. The van der Waals surface area contributed by atoms with Crippen LogP contribution in [0.4, 0.5) is 0 Å². The molecular formula is C33H66N2. The molecule has 0 spiro atoms. The molecule has 0 aliphatic carbocycles. The first kappa shape index (κ1) is 32.4. The highest BCUT2D eigenvalue weighted by molar-refractivity contribution is 4.96. The lowest BCUT2D eigenvalue weighted by atomic mass is 10.0. The second kappa shape index (κ2) is 25.0. The van der Waals surface area contributed by atoms with Gasteiger partial charge in [-0.15, -0.1) is 0 Å². The molecule has 1 aliphatic rings. The highest BCUT2D eigenvalue weighted by Gasteiger charge is 2.24. The molecule has 1 rings (SSSR count). The van der Waals surface area contributed by atoms with Crippen molar-refractivity contribution in [3.05, 3.63) is 12.4 Å². The van der Waals surface area contributed by atoms with Crippen LogP contribution in [0.1, 0.15) is 181 Å². The minimum Gasteiger partial charge on any atom is -0.356 e. The minimum atomic E-state index is 0.636. The van der Waals surface area contributed by atoms with Crippen LogP contribution in [0.25, 0.3) is 0 Å². The van der Waals surface area contributed by atoms with E-state index in [0.717, 1.165) is 0 Å². The fourth-order valence-electron chi connectivity index (χ4n) is 5.69. The van der Waals surface area contributed by atoms with Gasteiger partial charge in [-0.25, -0.2) is 0 Å². The zero-order chi connectivity index (χ0) is 25.2. The first-order valence-electron chi connectivity index (χ1n) is 16.5. The fourth-order valence-corrected chi connectivity index (χ4v) is 5.69. The van der Waals surface area contributed by atoms with E-state index in [0.29, 0.717) is 6.17 Å². The molecule has 0 fully saturated rings. The lowest BCUT2D eigenvalue weighted by Gasteiger charge is -2.33. The van der Waals surface area contributed by atoms with Gasteiger partial charge >= 0.3 is 0 Å². The maximum absolute atomic E-state index is 2.64. The third-order valence-corrected chi connectivity index (χ3v) is 8.05. The number of hydrogen-bond donors (Lipinski definition) is 0. The van der Waals surface area contributed by atoms with Crippen molar-refractivity contribution in [2.45, 2.75) is 187 Å². The van der Waals surface area contributed by atoms with Gasteiger partial charge in [0.2, 0.25) is 0 Å². The maximum Gasteiger partial charge on any atom is 0.101 e. The first-order chi connectivity index (χ1) is 17.3. The molecule has 2 heteroatoms. The lowest BCUT2D eigenvalue weighted by Crippen LogP contribution is -2.39. The summed E-state index contributed by atoms with van der Waals surface area (Å²) in [6.07, 6.45) is 41.1. The van der Waals surface area contributed by atoms with Crippen molar-refractivity contribution < 1.29 is 0 Å². The average molecular weight is 491 g/mol. The van der Waals surface area contributed by atoms with Gasteiger partial charge in [0.1, 0.15) is 6.17 Å². The van der Waals surface area contributed by atoms with Crippen molar-refractivity contribution in [2.75, 3.05) is 13.1 Å². The highest BCUT2D eigenvalue weighted by atomic mass is 15.4. The molecule has 0 saturated carbocycles. The van der Waals surface area contributed by atoms with Gasteiger partial charge in [-0.05, 0) is 19.3 Å². The van der Waals surface area contributed by atoms with Gasteiger partial charge < -0.3 is 9.80 Å². The SMILES string of the molecule is CCCCCCCCCCCCCCCCCCCN1C=CN(CCCCCCCC)C1CCC. The van der Waals surface area contributed by atoms with Crippen molar-refractivity contribution >= 4 is 0 Å². The molecule has 0 saturated heterocycles. The van der Waals surface area contributed by atoms with Crippen molar-refractivity contribution in [1.82, 2.24) is 9.80 Å². The van der Waals surface area contributed by atoms with E-state index in [1.165, 1.54) is 174 Å². The van der Waals surface area contributed by atoms with Gasteiger partial charge in [-0.2, -0.15) is 0 Å². The Balaban J connectivity index is 1.92. The highest BCUT2D eigenvalue weighted by Crippen LogP contribution is 2.22. The molecule has 1 aliphatic heterocycles. The standard InChI is InChI=1S/C33H66N2/c1-4-7-9-11-13-14-15-16-17-18-19-20-21-22-23-25-27-30-35-32-31-34(33(35)28-6-3)29-26-24-12-10-8-5-2/h31-33H,4-30H2,1-3H3. The summed E-state index contributed by atoms with van der Waals surface area (Å²) in [6, 6.07) is 0. The minimum absolute atomic E-state index is 0.636. The number of unbranched alkanes of at least 4 members (excludes halogenated alkanes) is 21. The van der Waals surface area contributed by atoms with Crippen LogP contribution < -0.4 is 0 Å². The maximum atomic E-state index is 2.64. The molecule has 0 radical (unpaired) electrons. The van der Waals surface area contributed by atoms with E-state index in [1.807, 2.05) is 0 Å². The second-order valence-electron chi connectivity index (χ2n) is 11.5. The fraction of sp³-hybridized carbons (Fsp3) is 0.939. The smallest absolute Gasteiger partial charge is 0.101 e. The van der Waals surface area contributed by atoms with Crippen LogP contribution in [0.2, 0.25) is 0 Å². The van der Waals surface area contributed by atoms with E-state index >= 15 is 0 Å². The molecule has 2 nitrogen and oxygen atoms in total. The zero-order valence-corrected chi connectivity index (χ0v) is 24.7. The summed E-state index contributed by atoms with van der Waals surface area (Å²) in [4.78, 5) is 5.28. The Morgan fingerprint density at radius 2 is 0.657 bits per heavy atom. The Labute approximate surface area is 222 Å². The van der Waals surface area contributed by atoms with Crippen LogP contribution in [-0.2, 0) is 0 Å². The molecule has 1 heterocycles. The molecule has 0 N–H and O–H groups in total. The summed E-state index contributed by atoms with van der Waals surface area (Å²) in [5, 5.41) is 0. The van der Waals surface area contributed by atoms with Crippen molar-refractivity contribution in [3.8, 4) is 0 Å². The molecule has 0 aromatic heterocycles. The predicted molar refractivity (Wildman–Crippen MR) is 159 cm³/mol. The molecule has 35 heavy (non-hydrogen) atoms.